The topological polar surface area (TPSA) is 52.7 Å². The number of hydrogen-bond acceptors (Lipinski definition) is 2. The van der Waals surface area contributed by atoms with Crippen molar-refractivity contribution in [2.24, 2.45) is 10.4 Å². The molecule has 1 unspecified atom stereocenters. The molecule has 0 amide bonds. The van der Waals surface area contributed by atoms with Gasteiger partial charge in [-0.1, -0.05) is 0 Å². The molecule has 2 aromatic rings. The van der Waals surface area contributed by atoms with E-state index in [9.17, 15) is 4.39 Å². The minimum absolute atomic E-state index is 0. The Morgan fingerprint density at radius 3 is 3.08 bits per heavy atom. The summed E-state index contributed by atoms with van der Waals surface area (Å²) in [5.41, 5.74) is 2.43. The molecule has 4 rings (SSSR count). The first-order valence-electron chi connectivity index (χ1n) is 8.98. The summed E-state index contributed by atoms with van der Waals surface area (Å²) in [6.07, 6.45) is 5.12. The van der Waals surface area contributed by atoms with E-state index in [0.717, 1.165) is 68.1 Å². The zero-order valence-electron chi connectivity index (χ0n) is 15.1. The molecule has 2 fully saturated rings. The van der Waals surface area contributed by atoms with Gasteiger partial charge in [-0.15, -0.1) is 24.0 Å². The van der Waals surface area contributed by atoms with Crippen molar-refractivity contribution < 1.29 is 9.13 Å². The summed E-state index contributed by atoms with van der Waals surface area (Å²) in [6, 6.07) is 4.87. The van der Waals surface area contributed by atoms with E-state index in [1.807, 2.05) is 13.2 Å². The summed E-state index contributed by atoms with van der Waals surface area (Å²) < 4.78 is 19.1. The predicted molar refractivity (Wildman–Crippen MR) is 113 cm³/mol. The Labute approximate surface area is 170 Å². The van der Waals surface area contributed by atoms with Crippen molar-refractivity contribution >= 4 is 40.8 Å². The monoisotopic (exact) mass is 472 g/mol. The van der Waals surface area contributed by atoms with Crippen LogP contribution in [-0.2, 0) is 11.2 Å². The van der Waals surface area contributed by atoms with Crippen molar-refractivity contribution in [3.63, 3.8) is 0 Å². The minimum atomic E-state index is -0.196. The number of fused-ring (bicyclic) bond motifs is 1. The van der Waals surface area contributed by atoms with Gasteiger partial charge >= 0.3 is 0 Å². The number of rotatable bonds is 3. The van der Waals surface area contributed by atoms with Gasteiger partial charge in [0.15, 0.2) is 5.96 Å². The molecule has 26 heavy (non-hydrogen) atoms. The van der Waals surface area contributed by atoms with Crippen LogP contribution in [-0.4, -0.2) is 55.7 Å². The number of aliphatic imine (C=N–C) groups is 1. The van der Waals surface area contributed by atoms with Gasteiger partial charge in [0.1, 0.15) is 5.82 Å². The maximum Gasteiger partial charge on any atom is 0.193 e. The van der Waals surface area contributed by atoms with Crippen LogP contribution in [0, 0.1) is 11.2 Å². The summed E-state index contributed by atoms with van der Waals surface area (Å²) in [5, 5.41) is 4.42. The van der Waals surface area contributed by atoms with E-state index in [-0.39, 0.29) is 29.8 Å². The highest BCUT2D eigenvalue weighted by atomic mass is 127. The van der Waals surface area contributed by atoms with Gasteiger partial charge in [0.2, 0.25) is 0 Å². The van der Waals surface area contributed by atoms with Gasteiger partial charge in [-0.25, -0.2) is 4.39 Å². The number of aromatic nitrogens is 1. The highest BCUT2D eigenvalue weighted by Gasteiger charge is 2.42. The Kier molecular flexibility index (Phi) is 6.06. The quantitative estimate of drug-likeness (QED) is 0.410. The second-order valence-corrected chi connectivity index (χ2v) is 7.20. The molecule has 2 aliphatic heterocycles. The van der Waals surface area contributed by atoms with Crippen LogP contribution in [0.15, 0.2) is 29.4 Å². The number of guanidine groups is 1. The van der Waals surface area contributed by atoms with Crippen molar-refractivity contribution in [3.05, 3.63) is 35.8 Å². The standard InChI is InChI=1S/C19H25FN4O.HI/c1-21-18(24-8-5-19(12-24)6-9-25-13-19)22-7-4-14-11-23-17-3-2-15(20)10-16(14)17;/h2-3,10-11,23H,4-9,12-13H2,1H3,(H,21,22);1H. The number of aromatic amines is 1. The molecule has 2 saturated heterocycles. The minimum Gasteiger partial charge on any atom is -0.381 e. The highest BCUT2D eigenvalue weighted by molar-refractivity contribution is 14.0. The zero-order valence-corrected chi connectivity index (χ0v) is 17.4. The molecule has 7 heteroatoms. The lowest BCUT2D eigenvalue weighted by molar-refractivity contribution is 0.156. The molecule has 0 bridgehead atoms. The molecule has 1 atom stereocenters. The van der Waals surface area contributed by atoms with E-state index in [1.54, 1.807) is 12.1 Å². The van der Waals surface area contributed by atoms with Gasteiger partial charge in [-0.05, 0) is 43.0 Å². The van der Waals surface area contributed by atoms with E-state index in [2.05, 4.69) is 20.2 Å². The number of benzene rings is 1. The average Bonchev–Trinajstić information content (AvgIpc) is 3.34. The van der Waals surface area contributed by atoms with E-state index >= 15 is 0 Å². The Hall–Kier alpha value is -1.35. The highest BCUT2D eigenvalue weighted by Crippen LogP contribution is 2.38. The lowest BCUT2D eigenvalue weighted by Crippen LogP contribution is -2.42. The van der Waals surface area contributed by atoms with Crippen molar-refractivity contribution in [3.8, 4) is 0 Å². The third kappa shape index (κ3) is 3.83. The van der Waals surface area contributed by atoms with Crippen LogP contribution in [0.3, 0.4) is 0 Å². The maximum atomic E-state index is 13.5. The van der Waals surface area contributed by atoms with Crippen molar-refractivity contribution in [2.75, 3.05) is 39.9 Å². The smallest absolute Gasteiger partial charge is 0.193 e. The number of halogens is 2. The second kappa shape index (κ2) is 8.12. The summed E-state index contributed by atoms with van der Waals surface area (Å²) >= 11 is 0. The SMILES string of the molecule is CN=C(NCCc1c[nH]c2ccc(F)cc12)N1CCC2(CCOC2)C1.I. The van der Waals surface area contributed by atoms with Gasteiger partial charge in [0.25, 0.3) is 0 Å². The summed E-state index contributed by atoms with van der Waals surface area (Å²) in [4.78, 5) is 9.99. The van der Waals surface area contributed by atoms with E-state index in [4.69, 9.17) is 4.74 Å². The van der Waals surface area contributed by atoms with Crippen LogP contribution in [0.1, 0.15) is 18.4 Å². The lowest BCUT2D eigenvalue weighted by Gasteiger charge is -2.24. The van der Waals surface area contributed by atoms with Crippen molar-refractivity contribution in [1.82, 2.24) is 15.2 Å². The molecule has 0 radical (unpaired) electrons. The largest absolute Gasteiger partial charge is 0.381 e. The van der Waals surface area contributed by atoms with Gasteiger partial charge in [0.05, 0.1) is 6.61 Å². The number of likely N-dealkylation sites (tertiary alicyclic amines) is 1. The fourth-order valence-electron chi connectivity index (χ4n) is 4.09. The molecule has 1 aromatic heterocycles. The maximum absolute atomic E-state index is 13.5. The van der Waals surface area contributed by atoms with Crippen LogP contribution >= 0.6 is 24.0 Å². The number of hydrogen-bond donors (Lipinski definition) is 2. The first-order chi connectivity index (χ1) is 12.2. The second-order valence-electron chi connectivity index (χ2n) is 7.20. The van der Waals surface area contributed by atoms with Crippen LogP contribution in [0.4, 0.5) is 4.39 Å². The first-order valence-corrected chi connectivity index (χ1v) is 8.98. The van der Waals surface area contributed by atoms with Crippen LogP contribution in [0.5, 0.6) is 0 Å². The molecule has 5 nitrogen and oxygen atoms in total. The summed E-state index contributed by atoms with van der Waals surface area (Å²) in [6.45, 7) is 4.58. The normalized spacial score (nSPS) is 23.0. The van der Waals surface area contributed by atoms with Crippen LogP contribution in [0.25, 0.3) is 10.9 Å². The van der Waals surface area contributed by atoms with E-state index in [1.165, 1.54) is 12.5 Å². The lowest BCUT2D eigenvalue weighted by atomic mass is 9.87. The first kappa shape index (κ1) is 19.4. The molecule has 142 valence electrons. The molecule has 1 spiro atoms. The van der Waals surface area contributed by atoms with Crippen molar-refractivity contribution in [1.29, 1.82) is 0 Å². The molecule has 2 N–H and O–H groups in total. The molecule has 1 aromatic carbocycles. The van der Waals surface area contributed by atoms with Gasteiger partial charge in [-0.3, -0.25) is 4.99 Å². The number of nitrogens with zero attached hydrogens (tertiary/aromatic N) is 2. The van der Waals surface area contributed by atoms with Gasteiger partial charge in [-0.2, -0.15) is 0 Å². The molecular formula is C19H26FIN4O. The van der Waals surface area contributed by atoms with E-state index in [0.29, 0.717) is 5.41 Å². The van der Waals surface area contributed by atoms with Crippen LogP contribution < -0.4 is 5.32 Å². The van der Waals surface area contributed by atoms with E-state index < -0.39 is 0 Å². The fraction of sp³-hybridized carbons (Fsp3) is 0.526. The molecule has 3 heterocycles. The molecular weight excluding hydrogens is 446 g/mol. The Bertz CT molecular complexity index is 785. The Morgan fingerprint density at radius 1 is 1.42 bits per heavy atom. The van der Waals surface area contributed by atoms with Crippen LogP contribution in [0.2, 0.25) is 0 Å². The average molecular weight is 472 g/mol. The molecule has 0 saturated carbocycles. The molecule has 2 aliphatic rings. The van der Waals surface area contributed by atoms with Crippen molar-refractivity contribution in [2.45, 2.75) is 19.3 Å². The third-order valence-electron chi connectivity index (χ3n) is 5.54. The molecule has 0 aliphatic carbocycles. The van der Waals surface area contributed by atoms with Gasteiger partial charge in [0, 0.05) is 55.8 Å². The van der Waals surface area contributed by atoms with Gasteiger partial charge < -0.3 is 19.9 Å². The number of H-pyrrole nitrogens is 1. The number of nitrogens with one attached hydrogen (secondary N) is 2. The fourth-order valence-corrected chi connectivity index (χ4v) is 4.09. The summed E-state index contributed by atoms with van der Waals surface area (Å²) in [7, 11) is 1.83. The summed E-state index contributed by atoms with van der Waals surface area (Å²) in [5.74, 6) is 0.757. The Balaban J connectivity index is 0.00000196. The number of ether oxygens (including phenoxy) is 1. The third-order valence-corrected chi connectivity index (χ3v) is 5.54. The zero-order chi connectivity index (χ0) is 17.3. The Morgan fingerprint density at radius 2 is 2.31 bits per heavy atom. The predicted octanol–water partition coefficient (Wildman–Crippen LogP) is 3.16.